The van der Waals surface area contributed by atoms with Gasteiger partial charge in [0, 0.05) is 23.7 Å². The Kier molecular flexibility index (Phi) is 5.41. The lowest BCUT2D eigenvalue weighted by Gasteiger charge is -2.07. The number of benzene rings is 1. The van der Waals surface area contributed by atoms with Crippen molar-refractivity contribution in [2.24, 2.45) is 0 Å². The maximum absolute atomic E-state index is 4.63. The Labute approximate surface area is 125 Å². The van der Waals surface area contributed by atoms with Crippen molar-refractivity contribution in [2.75, 3.05) is 12.4 Å². The van der Waals surface area contributed by atoms with Crippen molar-refractivity contribution in [1.82, 2.24) is 9.97 Å². The molecule has 0 fully saturated rings. The van der Waals surface area contributed by atoms with Crippen LogP contribution in [0, 0.1) is 6.92 Å². The van der Waals surface area contributed by atoms with Gasteiger partial charge >= 0.3 is 0 Å². The molecule has 2 rings (SSSR count). The van der Waals surface area contributed by atoms with Gasteiger partial charge in [0.05, 0.1) is 5.75 Å². The van der Waals surface area contributed by atoms with Crippen LogP contribution in [0.25, 0.3) is 0 Å². The lowest BCUT2D eigenvalue weighted by atomic mass is 10.2. The molecule has 0 aliphatic rings. The minimum Gasteiger partial charge on any atom is -0.373 e. The highest BCUT2D eigenvalue weighted by Gasteiger charge is 2.04. The van der Waals surface area contributed by atoms with E-state index in [1.807, 2.05) is 13.1 Å². The van der Waals surface area contributed by atoms with Crippen LogP contribution in [0.2, 0.25) is 0 Å². The number of hydrogen-bond donors (Lipinski definition) is 1. The number of hydrogen-bond acceptors (Lipinski definition) is 4. The minimum atomic E-state index is 0.801. The molecule has 0 atom stereocenters. The van der Waals surface area contributed by atoms with E-state index in [0.29, 0.717) is 0 Å². The smallest absolute Gasteiger partial charge is 0.141 e. The molecular formula is C16H21N3S. The van der Waals surface area contributed by atoms with E-state index in [-0.39, 0.29) is 0 Å². The Morgan fingerprint density at radius 2 is 1.90 bits per heavy atom. The Hall–Kier alpha value is -1.55. The van der Waals surface area contributed by atoms with E-state index in [9.17, 15) is 0 Å². The lowest BCUT2D eigenvalue weighted by Crippen LogP contribution is -2.02. The second-order valence-corrected chi connectivity index (χ2v) is 5.81. The van der Waals surface area contributed by atoms with Gasteiger partial charge in [-0.2, -0.15) is 0 Å². The highest BCUT2D eigenvalue weighted by atomic mass is 32.2. The van der Waals surface area contributed by atoms with Crippen molar-refractivity contribution in [3.8, 4) is 0 Å². The zero-order chi connectivity index (χ0) is 14.4. The SMILES string of the molecule is CCCc1cc(NC)nc(CSc2ccc(C)cc2)n1. The molecule has 1 aromatic heterocycles. The van der Waals surface area contributed by atoms with Crippen molar-refractivity contribution in [2.45, 2.75) is 37.3 Å². The molecule has 0 bridgehead atoms. The molecule has 2 aromatic rings. The molecule has 20 heavy (non-hydrogen) atoms. The molecule has 0 saturated heterocycles. The average Bonchev–Trinajstić information content (AvgIpc) is 2.47. The van der Waals surface area contributed by atoms with Crippen molar-refractivity contribution in [3.63, 3.8) is 0 Å². The van der Waals surface area contributed by atoms with E-state index < -0.39 is 0 Å². The van der Waals surface area contributed by atoms with Gasteiger partial charge in [0.25, 0.3) is 0 Å². The summed E-state index contributed by atoms with van der Waals surface area (Å²) in [5, 5.41) is 3.11. The summed E-state index contributed by atoms with van der Waals surface area (Å²) >= 11 is 1.78. The zero-order valence-electron chi connectivity index (χ0n) is 12.3. The van der Waals surface area contributed by atoms with Crippen LogP contribution in [0.15, 0.2) is 35.2 Å². The van der Waals surface area contributed by atoms with E-state index >= 15 is 0 Å². The Morgan fingerprint density at radius 1 is 1.15 bits per heavy atom. The standard InChI is InChI=1S/C16H21N3S/c1-4-5-13-10-15(17-3)19-16(18-13)11-20-14-8-6-12(2)7-9-14/h6-10H,4-5,11H2,1-3H3,(H,17,18,19). The molecule has 0 aliphatic carbocycles. The average molecular weight is 287 g/mol. The van der Waals surface area contributed by atoms with Gasteiger partial charge in [0.1, 0.15) is 11.6 Å². The van der Waals surface area contributed by atoms with E-state index in [0.717, 1.165) is 35.9 Å². The maximum atomic E-state index is 4.63. The fourth-order valence-electron chi connectivity index (χ4n) is 1.91. The van der Waals surface area contributed by atoms with E-state index in [1.54, 1.807) is 11.8 Å². The van der Waals surface area contributed by atoms with E-state index in [4.69, 9.17) is 0 Å². The summed E-state index contributed by atoms with van der Waals surface area (Å²) in [5.41, 5.74) is 2.40. The van der Waals surface area contributed by atoms with Crippen LogP contribution in [0.4, 0.5) is 5.82 Å². The van der Waals surface area contributed by atoms with E-state index in [1.165, 1.54) is 10.5 Å². The molecule has 4 heteroatoms. The molecule has 0 radical (unpaired) electrons. The summed E-state index contributed by atoms with van der Waals surface area (Å²) in [6.07, 6.45) is 2.10. The first kappa shape index (κ1) is 14.9. The lowest BCUT2D eigenvalue weighted by molar-refractivity contribution is 0.855. The first-order valence-electron chi connectivity index (χ1n) is 6.95. The predicted octanol–water partition coefficient (Wildman–Crippen LogP) is 4.07. The topological polar surface area (TPSA) is 37.8 Å². The fourth-order valence-corrected chi connectivity index (χ4v) is 2.66. The molecule has 0 saturated carbocycles. The second kappa shape index (κ2) is 7.29. The van der Waals surface area contributed by atoms with Crippen LogP contribution < -0.4 is 5.32 Å². The van der Waals surface area contributed by atoms with Gasteiger partial charge in [-0.05, 0) is 25.5 Å². The molecule has 0 spiro atoms. The minimum absolute atomic E-state index is 0.801. The van der Waals surface area contributed by atoms with Crippen molar-refractivity contribution in [1.29, 1.82) is 0 Å². The van der Waals surface area contributed by atoms with Crippen LogP contribution in [0.1, 0.15) is 30.4 Å². The Bertz CT molecular complexity index is 552. The third kappa shape index (κ3) is 4.23. The highest BCUT2D eigenvalue weighted by Crippen LogP contribution is 2.22. The monoisotopic (exact) mass is 287 g/mol. The summed E-state index contributed by atoms with van der Waals surface area (Å²) in [6, 6.07) is 10.6. The van der Waals surface area contributed by atoms with Crippen LogP contribution in [-0.4, -0.2) is 17.0 Å². The summed E-state index contributed by atoms with van der Waals surface area (Å²) < 4.78 is 0. The Balaban J connectivity index is 2.07. The fraction of sp³-hybridized carbons (Fsp3) is 0.375. The summed E-state index contributed by atoms with van der Waals surface area (Å²) in [7, 11) is 1.90. The predicted molar refractivity (Wildman–Crippen MR) is 86.3 cm³/mol. The molecule has 1 N–H and O–H groups in total. The largest absolute Gasteiger partial charge is 0.373 e. The van der Waals surface area contributed by atoms with Crippen LogP contribution >= 0.6 is 11.8 Å². The van der Waals surface area contributed by atoms with Gasteiger partial charge in [0.2, 0.25) is 0 Å². The molecule has 1 aromatic carbocycles. The summed E-state index contributed by atoms with van der Waals surface area (Å²) in [6.45, 7) is 4.27. The van der Waals surface area contributed by atoms with Crippen molar-refractivity contribution < 1.29 is 0 Å². The molecule has 1 heterocycles. The molecule has 106 valence electrons. The maximum Gasteiger partial charge on any atom is 0.141 e. The summed E-state index contributed by atoms with van der Waals surface area (Å²) in [4.78, 5) is 10.4. The van der Waals surface area contributed by atoms with Crippen molar-refractivity contribution >= 4 is 17.6 Å². The third-order valence-corrected chi connectivity index (χ3v) is 3.98. The molecule has 0 amide bonds. The zero-order valence-corrected chi connectivity index (χ0v) is 13.1. The highest BCUT2D eigenvalue weighted by molar-refractivity contribution is 7.98. The first-order chi connectivity index (χ1) is 9.71. The normalized spacial score (nSPS) is 10.6. The second-order valence-electron chi connectivity index (χ2n) is 4.76. The van der Waals surface area contributed by atoms with Crippen molar-refractivity contribution in [3.05, 3.63) is 47.4 Å². The van der Waals surface area contributed by atoms with Gasteiger partial charge in [-0.25, -0.2) is 9.97 Å². The first-order valence-corrected chi connectivity index (χ1v) is 7.94. The van der Waals surface area contributed by atoms with Gasteiger partial charge < -0.3 is 5.32 Å². The molecule has 0 aliphatic heterocycles. The molecule has 3 nitrogen and oxygen atoms in total. The molecule has 0 unspecified atom stereocenters. The van der Waals surface area contributed by atoms with E-state index in [2.05, 4.69) is 53.4 Å². The molecular weight excluding hydrogens is 266 g/mol. The Morgan fingerprint density at radius 3 is 2.55 bits per heavy atom. The van der Waals surface area contributed by atoms with Gasteiger partial charge in [-0.15, -0.1) is 11.8 Å². The number of aryl methyl sites for hydroxylation is 2. The summed E-state index contributed by atoms with van der Waals surface area (Å²) in [5.74, 6) is 2.60. The van der Waals surface area contributed by atoms with Gasteiger partial charge in [0.15, 0.2) is 0 Å². The number of nitrogens with one attached hydrogen (secondary N) is 1. The number of aromatic nitrogens is 2. The third-order valence-electron chi connectivity index (χ3n) is 2.98. The van der Waals surface area contributed by atoms with Gasteiger partial charge in [-0.3, -0.25) is 0 Å². The number of thioether (sulfide) groups is 1. The van der Waals surface area contributed by atoms with Crippen LogP contribution in [-0.2, 0) is 12.2 Å². The van der Waals surface area contributed by atoms with Gasteiger partial charge in [-0.1, -0.05) is 31.0 Å². The van der Waals surface area contributed by atoms with Crippen LogP contribution in [0.3, 0.4) is 0 Å². The number of anilines is 1. The van der Waals surface area contributed by atoms with Crippen LogP contribution in [0.5, 0.6) is 0 Å². The number of rotatable bonds is 6. The quantitative estimate of drug-likeness (QED) is 0.813. The number of nitrogens with zero attached hydrogens (tertiary/aromatic N) is 2.